The van der Waals surface area contributed by atoms with Crippen LogP contribution in [0.2, 0.25) is 0 Å². The highest BCUT2D eigenvalue weighted by molar-refractivity contribution is 6.07. The summed E-state index contributed by atoms with van der Waals surface area (Å²) in [4.78, 5) is 22.4. The van der Waals surface area contributed by atoms with Gasteiger partial charge in [0.25, 0.3) is 0 Å². The van der Waals surface area contributed by atoms with Gasteiger partial charge in [0.15, 0.2) is 0 Å². The Balaban J connectivity index is 2.15. The summed E-state index contributed by atoms with van der Waals surface area (Å²) in [5.41, 5.74) is -1.83. The number of carbonyl (C=O) groups is 2. The normalized spacial score (nSPS) is 17.1. The molecule has 0 saturated heterocycles. The van der Waals surface area contributed by atoms with E-state index in [-0.39, 0.29) is 5.69 Å². The van der Waals surface area contributed by atoms with Crippen molar-refractivity contribution in [2.24, 2.45) is 5.41 Å². The van der Waals surface area contributed by atoms with Crippen molar-refractivity contribution in [1.29, 1.82) is 0 Å². The van der Waals surface area contributed by atoms with Crippen LogP contribution in [-0.2, 0) is 15.8 Å². The van der Waals surface area contributed by atoms with E-state index in [1.165, 1.54) is 12.1 Å². The first kappa shape index (κ1) is 12.6. The van der Waals surface area contributed by atoms with Gasteiger partial charge in [-0.1, -0.05) is 6.07 Å². The first-order valence-electron chi connectivity index (χ1n) is 5.32. The fraction of sp³-hybridized carbons (Fsp3) is 0.333. The van der Waals surface area contributed by atoms with E-state index < -0.39 is 23.1 Å². The molecule has 1 aromatic rings. The minimum Gasteiger partial charge on any atom is -0.325 e. The lowest BCUT2D eigenvalue weighted by Gasteiger charge is -2.11. The van der Waals surface area contributed by atoms with Crippen LogP contribution >= 0.6 is 0 Å². The number of rotatable bonds is 3. The lowest BCUT2D eigenvalue weighted by Crippen LogP contribution is -2.25. The van der Waals surface area contributed by atoms with E-state index >= 15 is 0 Å². The van der Waals surface area contributed by atoms with E-state index in [9.17, 15) is 22.8 Å². The number of hydrogen-bond acceptors (Lipinski definition) is 2. The second-order valence-corrected chi connectivity index (χ2v) is 4.31. The van der Waals surface area contributed by atoms with Gasteiger partial charge in [-0.15, -0.1) is 0 Å². The summed E-state index contributed by atoms with van der Waals surface area (Å²) in [7, 11) is 0. The highest BCUT2D eigenvalue weighted by atomic mass is 19.4. The molecular formula is C12H10F3NO2. The average Bonchev–Trinajstić information content (AvgIpc) is 3.09. The standard InChI is InChI=1S/C12H10F3NO2/c13-12(14,15)8-2-1-3-9(6-8)16-10(18)11(7-17)4-5-11/h1-3,6-7H,4-5H2,(H,16,18). The van der Waals surface area contributed by atoms with Gasteiger partial charge < -0.3 is 10.1 Å². The van der Waals surface area contributed by atoms with Crippen molar-refractivity contribution in [2.75, 3.05) is 5.32 Å². The van der Waals surface area contributed by atoms with Crippen molar-refractivity contribution in [3.8, 4) is 0 Å². The van der Waals surface area contributed by atoms with Gasteiger partial charge >= 0.3 is 6.18 Å². The van der Waals surface area contributed by atoms with Crippen LogP contribution in [-0.4, -0.2) is 12.2 Å². The molecule has 96 valence electrons. The highest BCUT2D eigenvalue weighted by Crippen LogP contribution is 2.44. The van der Waals surface area contributed by atoms with Gasteiger partial charge in [-0.2, -0.15) is 13.2 Å². The van der Waals surface area contributed by atoms with Gasteiger partial charge in [0.05, 0.1) is 5.56 Å². The topological polar surface area (TPSA) is 46.2 Å². The summed E-state index contributed by atoms with van der Waals surface area (Å²) in [6.07, 6.45) is -3.01. The zero-order valence-corrected chi connectivity index (χ0v) is 9.25. The molecule has 0 spiro atoms. The van der Waals surface area contributed by atoms with Crippen molar-refractivity contribution in [1.82, 2.24) is 0 Å². The van der Waals surface area contributed by atoms with Crippen LogP contribution in [0.4, 0.5) is 18.9 Å². The number of alkyl halides is 3. The molecule has 0 heterocycles. The molecule has 0 bridgehead atoms. The number of benzene rings is 1. The molecule has 0 radical (unpaired) electrons. The first-order chi connectivity index (χ1) is 8.37. The predicted molar refractivity (Wildman–Crippen MR) is 57.8 cm³/mol. The van der Waals surface area contributed by atoms with E-state index in [4.69, 9.17) is 0 Å². The van der Waals surface area contributed by atoms with Crippen molar-refractivity contribution >= 4 is 17.9 Å². The number of halogens is 3. The molecule has 3 nitrogen and oxygen atoms in total. The smallest absolute Gasteiger partial charge is 0.325 e. The number of hydrogen-bond donors (Lipinski definition) is 1. The summed E-state index contributed by atoms with van der Waals surface area (Å²) in [5.74, 6) is -0.545. The Hall–Kier alpha value is -1.85. The molecule has 6 heteroatoms. The zero-order chi connectivity index (χ0) is 13.4. The van der Waals surface area contributed by atoms with Gasteiger partial charge in [0.2, 0.25) is 5.91 Å². The van der Waals surface area contributed by atoms with Gasteiger partial charge in [0, 0.05) is 5.69 Å². The quantitative estimate of drug-likeness (QED) is 0.668. The minimum atomic E-state index is -4.46. The maximum atomic E-state index is 12.4. The third kappa shape index (κ3) is 2.37. The summed E-state index contributed by atoms with van der Waals surface area (Å²) in [5, 5.41) is 2.34. The van der Waals surface area contributed by atoms with Crippen molar-refractivity contribution < 1.29 is 22.8 Å². The van der Waals surface area contributed by atoms with Crippen LogP contribution < -0.4 is 5.32 Å². The summed E-state index contributed by atoms with van der Waals surface area (Å²) in [6, 6.07) is 4.33. The molecule has 0 aliphatic heterocycles. The molecule has 18 heavy (non-hydrogen) atoms. The molecule has 0 atom stereocenters. The zero-order valence-electron chi connectivity index (χ0n) is 9.25. The summed E-state index contributed by atoms with van der Waals surface area (Å²) >= 11 is 0. The van der Waals surface area contributed by atoms with Crippen molar-refractivity contribution in [3.05, 3.63) is 29.8 Å². The molecule has 0 unspecified atom stereocenters. The Morgan fingerprint density at radius 1 is 1.33 bits per heavy atom. The van der Waals surface area contributed by atoms with E-state index in [0.29, 0.717) is 19.1 Å². The molecule has 2 rings (SSSR count). The third-order valence-corrected chi connectivity index (χ3v) is 2.91. The maximum absolute atomic E-state index is 12.4. The lowest BCUT2D eigenvalue weighted by atomic mass is 10.1. The summed E-state index contributed by atoms with van der Waals surface area (Å²) < 4.78 is 37.3. The second-order valence-electron chi connectivity index (χ2n) is 4.31. The molecule has 1 N–H and O–H groups in total. The first-order valence-corrected chi connectivity index (χ1v) is 5.32. The molecule has 1 amide bonds. The Morgan fingerprint density at radius 3 is 2.50 bits per heavy atom. The Bertz CT molecular complexity index is 492. The van der Waals surface area contributed by atoms with E-state index in [0.717, 1.165) is 12.1 Å². The van der Waals surface area contributed by atoms with E-state index in [1.54, 1.807) is 0 Å². The summed E-state index contributed by atoms with van der Waals surface area (Å²) in [6.45, 7) is 0. The van der Waals surface area contributed by atoms with Crippen LogP contribution in [0, 0.1) is 5.41 Å². The number of anilines is 1. The second kappa shape index (κ2) is 4.12. The fourth-order valence-electron chi connectivity index (χ4n) is 1.56. The SMILES string of the molecule is O=CC1(C(=O)Nc2cccc(C(F)(F)F)c2)CC1. The number of carbonyl (C=O) groups excluding carboxylic acids is 2. The predicted octanol–water partition coefficient (Wildman–Crippen LogP) is 2.62. The van der Waals surface area contributed by atoms with Gasteiger partial charge in [-0.3, -0.25) is 4.79 Å². The van der Waals surface area contributed by atoms with Crippen LogP contribution in [0.5, 0.6) is 0 Å². The lowest BCUT2D eigenvalue weighted by molar-refractivity contribution is -0.137. The molecule has 1 aliphatic carbocycles. The number of nitrogens with one attached hydrogen (secondary N) is 1. The van der Waals surface area contributed by atoms with Crippen LogP contribution in [0.3, 0.4) is 0 Å². The number of aldehydes is 1. The third-order valence-electron chi connectivity index (χ3n) is 2.91. The Labute approximate surface area is 101 Å². The Kier molecular flexibility index (Phi) is 2.88. The number of amides is 1. The van der Waals surface area contributed by atoms with Crippen molar-refractivity contribution in [2.45, 2.75) is 19.0 Å². The monoisotopic (exact) mass is 257 g/mol. The molecule has 1 aromatic carbocycles. The van der Waals surface area contributed by atoms with Gasteiger partial charge in [-0.25, -0.2) is 0 Å². The van der Waals surface area contributed by atoms with Crippen molar-refractivity contribution in [3.63, 3.8) is 0 Å². The average molecular weight is 257 g/mol. The Morgan fingerprint density at radius 2 is 2.00 bits per heavy atom. The molecule has 1 saturated carbocycles. The van der Waals surface area contributed by atoms with Crippen LogP contribution in [0.15, 0.2) is 24.3 Å². The van der Waals surface area contributed by atoms with Crippen LogP contribution in [0.1, 0.15) is 18.4 Å². The van der Waals surface area contributed by atoms with Gasteiger partial charge in [0.1, 0.15) is 11.7 Å². The molecular weight excluding hydrogens is 247 g/mol. The highest BCUT2D eigenvalue weighted by Gasteiger charge is 2.50. The van der Waals surface area contributed by atoms with Gasteiger partial charge in [-0.05, 0) is 31.0 Å². The fourth-order valence-corrected chi connectivity index (χ4v) is 1.56. The molecule has 0 aromatic heterocycles. The maximum Gasteiger partial charge on any atom is 0.416 e. The minimum absolute atomic E-state index is 0.0444. The molecule has 1 aliphatic rings. The van der Waals surface area contributed by atoms with E-state index in [2.05, 4.69) is 5.32 Å². The van der Waals surface area contributed by atoms with Crippen LogP contribution in [0.25, 0.3) is 0 Å². The van der Waals surface area contributed by atoms with E-state index in [1.807, 2.05) is 0 Å². The largest absolute Gasteiger partial charge is 0.416 e. The molecule has 1 fully saturated rings.